The number of hydrogen-bond donors (Lipinski definition) is 7. The van der Waals surface area contributed by atoms with Crippen LogP contribution < -0.4 is 16.8 Å². The summed E-state index contributed by atoms with van der Waals surface area (Å²) < 4.78 is 5.09. The maximum Gasteiger partial charge on any atom is 0.271 e. The summed E-state index contributed by atoms with van der Waals surface area (Å²) in [5.74, 6) is -0.816. The molecular formula is C12H22N4O5. The number of amides is 1. The van der Waals surface area contributed by atoms with Gasteiger partial charge in [0, 0.05) is 0 Å². The van der Waals surface area contributed by atoms with Crippen LogP contribution in [-0.2, 0) is 9.53 Å². The van der Waals surface area contributed by atoms with Crippen LogP contribution in [0.5, 0.6) is 0 Å². The van der Waals surface area contributed by atoms with Crippen LogP contribution in [0.2, 0.25) is 0 Å². The van der Waals surface area contributed by atoms with Gasteiger partial charge in [0.05, 0.1) is 18.0 Å². The van der Waals surface area contributed by atoms with Crippen molar-refractivity contribution in [1.29, 1.82) is 5.41 Å². The molecule has 120 valence electrons. The second-order valence-electron chi connectivity index (χ2n) is 4.79. The summed E-state index contributed by atoms with van der Waals surface area (Å²) in [6.45, 7) is 1.36. The van der Waals surface area contributed by atoms with Crippen LogP contribution in [0.4, 0.5) is 0 Å². The molecule has 0 aliphatic carbocycles. The van der Waals surface area contributed by atoms with Crippen molar-refractivity contribution >= 4 is 11.6 Å². The van der Waals surface area contributed by atoms with E-state index in [1.54, 1.807) is 0 Å². The highest BCUT2D eigenvalue weighted by atomic mass is 16.6. The molecule has 1 rings (SSSR count). The first-order valence-corrected chi connectivity index (χ1v) is 6.59. The van der Waals surface area contributed by atoms with Crippen molar-refractivity contribution in [1.82, 2.24) is 5.32 Å². The third-order valence-electron chi connectivity index (χ3n) is 3.18. The predicted molar refractivity (Wildman–Crippen MR) is 73.9 cm³/mol. The average Bonchev–Trinajstić information content (AvgIpc) is 2.73. The van der Waals surface area contributed by atoms with Crippen LogP contribution in [0.3, 0.4) is 0 Å². The third-order valence-corrected chi connectivity index (χ3v) is 3.18. The first-order chi connectivity index (χ1) is 9.83. The van der Waals surface area contributed by atoms with E-state index in [1.807, 2.05) is 6.92 Å². The van der Waals surface area contributed by atoms with E-state index in [4.69, 9.17) is 26.7 Å². The molecule has 1 heterocycles. The summed E-state index contributed by atoms with van der Waals surface area (Å²) in [7, 11) is 0. The Kier molecular flexibility index (Phi) is 6.09. The highest BCUT2D eigenvalue weighted by Crippen LogP contribution is 2.19. The highest BCUT2D eigenvalue weighted by molar-refractivity contribution is 6.05. The Morgan fingerprint density at radius 2 is 1.90 bits per heavy atom. The molecule has 0 radical (unpaired) electrons. The van der Waals surface area contributed by atoms with E-state index in [9.17, 15) is 15.0 Å². The summed E-state index contributed by atoms with van der Waals surface area (Å²) in [4.78, 5) is 11.9. The number of allylic oxidation sites excluding steroid dienone is 1. The lowest BCUT2D eigenvalue weighted by atomic mass is 10.1. The van der Waals surface area contributed by atoms with Gasteiger partial charge in [0.2, 0.25) is 0 Å². The van der Waals surface area contributed by atoms with Gasteiger partial charge in [0.25, 0.3) is 5.91 Å². The lowest BCUT2D eigenvalue weighted by molar-refractivity contribution is -0.124. The molecular weight excluding hydrogens is 280 g/mol. The van der Waals surface area contributed by atoms with Gasteiger partial charge >= 0.3 is 0 Å². The quantitative estimate of drug-likeness (QED) is 0.209. The Labute approximate surface area is 122 Å². The molecule has 0 saturated carbocycles. The maximum atomic E-state index is 11.9. The minimum absolute atomic E-state index is 0.0475. The Bertz CT molecular complexity index is 439. The van der Waals surface area contributed by atoms with Gasteiger partial charge in [0.1, 0.15) is 24.0 Å². The van der Waals surface area contributed by atoms with Gasteiger partial charge in [-0.1, -0.05) is 13.3 Å². The smallest absolute Gasteiger partial charge is 0.271 e. The molecule has 0 aromatic carbocycles. The van der Waals surface area contributed by atoms with E-state index in [0.717, 1.165) is 0 Å². The number of rotatable bonds is 6. The largest absolute Gasteiger partial charge is 0.395 e. The van der Waals surface area contributed by atoms with Gasteiger partial charge in [-0.05, 0) is 6.42 Å². The van der Waals surface area contributed by atoms with Gasteiger partial charge < -0.3 is 42.2 Å². The molecule has 21 heavy (non-hydrogen) atoms. The van der Waals surface area contributed by atoms with Crippen molar-refractivity contribution < 1.29 is 24.9 Å². The second kappa shape index (κ2) is 7.36. The lowest BCUT2D eigenvalue weighted by Crippen LogP contribution is -2.46. The standard InChI is InChI=1S/C12H22N4O5/c1-2-3-5(13)7(14)8(15)11(20)16-12-10(19)9(18)6(4-17)21-12/h6,9-10,12-13,17-19H,2-4,14-15H2,1H3,(H,16,20)/b8-7+,13-5?. The van der Waals surface area contributed by atoms with E-state index in [0.29, 0.717) is 12.8 Å². The molecule has 0 aromatic rings. The fraction of sp³-hybridized carbons (Fsp3) is 0.667. The number of ether oxygens (including phenoxy) is 1. The minimum atomic E-state index is -1.39. The van der Waals surface area contributed by atoms with Gasteiger partial charge in [-0.3, -0.25) is 4.79 Å². The Hall–Kier alpha value is -1.68. The molecule has 1 aliphatic heterocycles. The molecule has 1 amide bonds. The monoisotopic (exact) mass is 302 g/mol. The summed E-state index contributed by atoms with van der Waals surface area (Å²) in [6, 6.07) is 0. The number of carbonyl (C=O) groups is 1. The molecule has 9 N–H and O–H groups in total. The first kappa shape index (κ1) is 17.4. The summed E-state index contributed by atoms with van der Waals surface area (Å²) in [5.41, 5.74) is 10.7. The van der Waals surface area contributed by atoms with Crippen molar-refractivity contribution in [2.45, 2.75) is 44.3 Å². The van der Waals surface area contributed by atoms with Crippen LogP contribution in [0, 0.1) is 5.41 Å². The van der Waals surface area contributed by atoms with E-state index in [1.165, 1.54) is 0 Å². The molecule has 9 nitrogen and oxygen atoms in total. The zero-order valence-electron chi connectivity index (χ0n) is 11.7. The second-order valence-corrected chi connectivity index (χ2v) is 4.79. The average molecular weight is 302 g/mol. The zero-order valence-corrected chi connectivity index (χ0v) is 11.7. The third kappa shape index (κ3) is 3.91. The van der Waals surface area contributed by atoms with Crippen molar-refractivity contribution in [3.63, 3.8) is 0 Å². The van der Waals surface area contributed by atoms with E-state index < -0.39 is 37.1 Å². The van der Waals surface area contributed by atoms with E-state index >= 15 is 0 Å². The molecule has 4 unspecified atom stereocenters. The number of nitrogens with one attached hydrogen (secondary N) is 2. The lowest BCUT2D eigenvalue weighted by Gasteiger charge is -2.17. The first-order valence-electron chi connectivity index (χ1n) is 6.59. The maximum absolute atomic E-state index is 11.9. The van der Waals surface area contributed by atoms with Gasteiger partial charge in [-0.15, -0.1) is 0 Å². The van der Waals surface area contributed by atoms with Crippen LogP contribution in [0.15, 0.2) is 11.4 Å². The van der Waals surface area contributed by atoms with Gasteiger partial charge in [-0.2, -0.15) is 0 Å². The molecule has 4 atom stereocenters. The topological polar surface area (TPSA) is 175 Å². The van der Waals surface area contributed by atoms with Crippen LogP contribution in [0.1, 0.15) is 19.8 Å². The fourth-order valence-electron chi connectivity index (χ4n) is 1.90. The highest BCUT2D eigenvalue weighted by Gasteiger charge is 2.43. The molecule has 1 saturated heterocycles. The van der Waals surface area contributed by atoms with Crippen LogP contribution in [0.25, 0.3) is 0 Å². The molecule has 1 fully saturated rings. The summed E-state index contributed by atoms with van der Waals surface area (Å²) >= 11 is 0. The van der Waals surface area contributed by atoms with Crippen molar-refractivity contribution in [3.05, 3.63) is 11.4 Å². The van der Waals surface area contributed by atoms with Crippen LogP contribution in [-0.4, -0.2) is 58.1 Å². The van der Waals surface area contributed by atoms with E-state index in [2.05, 4.69) is 5.32 Å². The van der Waals surface area contributed by atoms with Gasteiger partial charge in [0.15, 0.2) is 6.23 Å². The normalized spacial score (nSPS) is 29.9. The number of carbonyl (C=O) groups excluding carboxylic acids is 1. The molecule has 0 aromatic heterocycles. The number of aliphatic hydroxyl groups is 3. The molecule has 0 bridgehead atoms. The van der Waals surface area contributed by atoms with Gasteiger partial charge in [-0.25, -0.2) is 0 Å². The number of nitrogens with two attached hydrogens (primary N) is 2. The van der Waals surface area contributed by atoms with Crippen LogP contribution >= 0.6 is 0 Å². The zero-order chi connectivity index (χ0) is 16.2. The molecule has 0 spiro atoms. The number of aliphatic hydroxyl groups excluding tert-OH is 3. The predicted octanol–water partition coefficient (Wildman–Crippen LogP) is -2.51. The fourth-order valence-corrected chi connectivity index (χ4v) is 1.90. The van der Waals surface area contributed by atoms with E-state index in [-0.39, 0.29) is 17.1 Å². The summed E-state index contributed by atoms with van der Waals surface area (Å²) in [6.07, 6.45) is -3.85. The Balaban J connectivity index is 2.73. The number of hydrogen-bond acceptors (Lipinski definition) is 8. The van der Waals surface area contributed by atoms with Crippen molar-refractivity contribution in [2.75, 3.05) is 6.61 Å². The molecule has 1 aliphatic rings. The van der Waals surface area contributed by atoms with Crippen molar-refractivity contribution in [3.8, 4) is 0 Å². The minimum Gasteiger partial charge on any atom is -0.395 e. The SMILES string of the molecule is CCCC(=N)/C(N)=C(\N)C(=O)NC1OC(CO)C(O)C1O. The Morgan fingerprint density at radius 1 is 1.29 bits per heavy atom. The van der Waals surface area contributed by atoms with Crippen molar-refractivity contribution in [2.24, 2.45) is 11.5 Å². The molecule has 9 heteroatoms. The Morgan fingerprint density at radius 3 is 2.38 bits per heavy atom. The summed E-state index contributed by atoms with van der Waals surface area (Å²) in [5, 5.41) is 38.1.